The van der Waals surface area contributed by atoms with E-state index in [4.69, 9.17) is 0 Å². The van der Waals surface area contributed by atoms with Crippen LogP contribution >= 0.6 is 0 Å². The van der Waals surface area contributed by atoms with Crippen LogP contribution in [0.15, 0.2) is 18.3 Å². The number of amides is 2. The number of hydrogen-bond acceptors (Lipinski definition) is 4. The van der Waals surface area contributed by atoms with Gasteiger partial charge < -0.3 is 10.2 Å². The zero-order valence-corrected chi connectivity index (χ0v) is 9.66. The minimum atomic E-state index is -4.59. The lowest BCUT2D eigenvalue weighted by molar-refractivity contribution is -0.137. The summed E-state index contributed by atoms with van der Waals surface area (Å²) in [5.74, 6) is -0.379. The van der Waals surface area contributed by atoms with Crippen LogP contribution in [0.1, 0.15) is 5.56 Å². The summed E-state index contributed by atoms with van der Waals surface area (Å²) in [6, 6.07) is 0.538. The number of alkyl halides is 3. The minimum absolute atomic E-state index is 0.379. The number of halogens is 3. The summed E-state index contributed by atoms with van der Waals surface area (Å²) in [6.45, 7) is 0. The molecule has 2 unspecified atom stereocenters. The lowest BCUT2D eigenvalue weighted by Gasteiger charge is -2.19. The van der Waals surface area contributed by atoms with Gasteiger partial charge in [-0.25, -0.2) is 14.7 Å². The molecule has 0 aromatic carbocycles. The van der Waals surface area contributed by atoms with Crippen LogP contribution in [0.3, 0.4) is 0 Å². The molecule has 0 radical (unpaired) electrons. The highest BCUT2D eigenvalue weighted by Crippen LogP contribution is 2.32. The summed E-state index contributed by atoms with van der Waals surface area (Å²) >= 11 is 0. The molecule has 2 atom stereocenters. The van der Waals surface area contributed by atoms with E-state index in [1.807, 2.05) is 0 Å². The van der Waals surface area contributed by atoms with Gasteiger partial charge in [0, 0.05) is 13.2 Å². The highest BCUT2D eigenvalue weighted by atomic mass is 19.4. The van der Waals surface area contributed by atoms with Crippen LogP contribution in [0, 0.1) is 0 Å². The average molecular weight is 277 g/mol. The zero-order valence-electron chi connectivity index (χ0n) is 9.66. The first kappa shape index (κ1) is 13.6. The molecular formula is C10H10F3N3O3. The van der Waals surface area contributed by atoms with Gasteiger partial charge in [0.2, 0.25) is 0 Å². The molecule has 0 bridgehead atoms. The standard InChI is InChI=1S/C10H10F3N3O3/c1-15-7(17)8(18)16(9(15)19)6-4-5(2-3-14-6)10(11,12)13/h2-4,7-8,17-18H,1H3. The number of nitrogens with zero attached hydrogens (tertiary/aromatic N) is 3. The Bertz CT molecular complexity index is 508. The van der Waals surface area contributed by atoms with Crippen LogP contribution in [0.5, 0.6) is 0 Å². The van der Waals surface area contributed by atoms with Crippen LogP contribution < -0.4 is 4.90 Å². The largest absolute Gasteiger partial charge is 0.416 e. The van der Waals surface area contributed by atoms with Crippen molar-refractivity contribution in [2.24, 2.45) is 0 Å². The summed E-state index contributed by atoms with van der Waals surface area (Å²) in [7, 11) is 1.21. The SMILES string of the molecule is CN1C(=O)N(c2cc(C(F)(F)F)ccn2)C(O)C1O. The van der Waals surface area contributed by atoms with E-state index in [0.717, 1.165) is 17.2 Å². The number of urea groups is 1. The Kier molecular flexibility index (Phi) is 3.11. The average Bonchev–Trinajstić information content (AvgIpc) is 2.53. The summed E-state index contributed by atoms with van der Waals surface area (Å²) in [6.07, 6.45) is -6.91. The Labute approximate surface area is 105 Å². The molecule has 9 heteroatoms. The van der Waals surface area contributed by atoms with E-state index in [-0.39, 0.29) is 5.82 Å². The quantitative estimate of drug-likeness (QED) is 0.788. The summed E-state index contributed by atoms with van der Waals surface area (Å²) in [5, 5.41) is 19.1. The van der Waals surface area contributed by atoms with E-state index >= 15 is 0 Å². The Morgan fingerprint density at radius 3 is 2.42 bits per heavy atom. The van der Waals surface area contributed by atoms with Gasteiger partial charge in [0.05, 0.1) is 5.56 Å². The molecule has 2 amide bonds. The lowest BCUT2D eigenvalue weighted by Crippen LogP contribution is -2.37. The highest BCUT2D eigenvalue weighted by molar-refractivity contribution is 5.93. The van der Waals surface area contributed by atoms with Crippen molar-refractivity contribution in [3.05, 3.63) is 23.9 Å². The van der Waals surface area contributed by atoms with Crippen molar-refractivity contribution in [3.63, 3.8) is 0 Å². The number of hydrogen-bond donors (Lipinski definition) is 2. The smallest absolute Gasteiger partial charge is 0.369 e. The molecule has 0 spiro atoms. The van der Waals surface area contributed by atoms with Crippen molar-refractivity contribution in [2.75, 3.05) is 11.9 Å². The van der Waals surface area contributed by atoms with Crippen LogP contribution in [0.4, 0.5) is 23.8 Å². The fraction of sp³-hybridized carbons (Fsp3) is 0.400. The van der Waals surface area contributed by atoms with Gasteiger partial charge in [-0.2, -0.15) is 13.2 Å². The highest BCUT2D eigenvalue weighted by Gasteiger charge is 2.44. The van der Waals surface area contributed by atoms with Gasteiger partial charge in [0.25, 0.3) is 0 Å². The molecule has 2 N–H and O–H groups in total. The fourth-order valence-electron chi connectivity index (χ4n) is 1.69. The van der Waals surface area contributed by atoms with Crippen molar-refractivity contribution >= 4 is 11.8 Å². The third kappa shape index (κ3) is 2.22. The summed E-state index contributed by atoms with van der Waals surface area (Å²) in [5.41, 5.74) is -0.999. The normalized spacial score (nSPS) is 24.2. The van der Waals surface area contributed by atoms with Gasteiger partial charge in [-0.15, -0.1) is 0 Å². The van der Waals surface area contributed by atoms with Crippen molar-refractivity contribution < 1.29 is 28.2 Å². The molecule has 0 aliphatic carbocycles. The van der Waals surface area contributed by atoms with Crippen LogP contribution in [0.2, 0.25) is 0 Å². The van der Waals surface area contributed by atoms with Crippen molar-refractivity contribution in [1.82, 2.24) is 9.88 Å². The molecule has 2 heterocycles. The molecule has 104 valence electrons. The van der Waals surface area contributed by atoms with Crippen molar-refractivity contribution in [3.8, 4) is 0 Å². The van der Waals surface area contributed by atoms with Gasteiger partial charge >= 0.3 is 12.2 Å². The molecule has 19 heavy (non-hydrogen) atoms. The predicted octanol–water partition coefficient (Wildman–Crippen LogP) is 0.609. The Morgan fingerprint density at radius 2 is 1.95 bits per heavy atom. The zero-order chi connectivity index (χ0) is 14.4. The van der Waals surface area contributed by atoms with E-state index < -0.39 is 30.2 Å². The second-order valence-electron chi connectivity index (χ2n) is 3.99. The van der Waals surface area contributed by atoms with E-state index in [0.29, 0.717) is 11.0 Å². The first-order chi connectivity index (χ1) is 8.73. The van der Waals surface area contributed by atoms with Crippen molar-refractivity contribution in [2.45, 2.75) is 18.6 Å². The molecule has 6 nitrogen and oxygen atoms in total. The van der Waals surface area contributed by atoms with E-state index in [1.165, 1.54) is 7.05 Å². The first-order valence-electron chi connectivity index (χ1n) is 5.19. The topological polar surface area (TPSA) is 76.9 Å². The second-order valence-corrected chi connectivity index (χ2v) is 3.99. The molecule has 0 saturated carbocycles. The number of aliphatic hydroxyl groups excluding tert-OH is 2. The van der Waals surface area contributed by atoms with Crippen LogP contribution in [-0.4, -0.2) is 45.6 Å². The van der Waals surface area contributed by atoms with Crippen LogP contribution in [0.25, 0.3) is 0 Å². The Morgan fingerprint density at radius 1 is 1.32 bits per heavy atom. The van der Waals surface area contributed by atoms with Gasteiger partial charge in [-0.05, 0) is 12.1 Å². The Hall–Kier alpha value is -1.87. The molecule has 1 aromatic rings. The first-order valence-corrected chi connectivity index (χ1v) is 5.19. The van der Waals surface area contributed by atoms with E-state index in [9.17, 15) is 28.2 Å². The number of anilines is 1. The number of carbonyl (C=O) groups excluding carboxylic acids is 1. The second kappa shape index (κ2) is 4.35. The van der Waals surface area contributed by atoms with Gasteiger partial charge in [0.15, 0.2) is 12.5 Å². The number of likely N-dealkylation sites (N-methyl/N-ethyl adjacent to an activating group) is 1. The molecule has 1 aromatic heterocycles. The predicted molar refractivity (Wildman–Crippen MR) is 56.9 cm³/mol. The van der Waals surface area contributed by atoms with Gasteiger partial charge in [-0.1, -0.05) is 0 Å². The monoisotopic (exact) mass is 277 g/mol. The number of pyridine rings is 1. The van der Waals surface area contributed by atoms with Crippen molar-refractivity contribution in [1.29, 1.82) is 0 Å². The maximum Gasteiger partial charge on any atom is 0.416 e. The molecule has 2 rings (SSSR count). The maximum atomic E-state index is 12.5. The maximum absolute atomic E-state index is 12.5. The minimum Gasteiger partial charge on any atom is -0.369 e. The fourth-order valence-corrected chi connectivity index (χ4v) is 1.69. The molecule has 1 saturated heterocycles. The summed E-state index contributed by atoms with van der Waals surface area (Å²) in [4.78, 5) is 16.7. The van der Waals surface area contributed by atoms with E-state index in [1.54, 1.807) is 0 Å². The third-order valence-electron chi connectivity index (χ3n) is 2.76. The number of carbonyl (C=O) groups is 1. The Balaban J connectivity index is 2.40. The number of aromatic nitrogens is 1. The molecule has 1 aliphatic rings. The molecule has 1 aliphatic heterocycles. The van der Waals surface area contributed by atoms with Crippen LogP contribution in [-0.2, 0) is 6.18 Å². The summed E-state index contributed by atoms with van der Waals surface area (Å²) < 4.78 is 37.6. The molecular weight excluding hydrogens is 267 g/mol. The lowest BCUT2D eigenvalue weighted by atomic mass is 10.2. The number of rotatable bonds is 1. The third-order valence-corrected chi connectivity index (χ3v) is 2.76. The van der Waals surface area contributed by atoms with E-state index in [2.05, 4.69) is 4.98 Å². The van der Waals surface area contributed by atoms with Gasteiger partial charge in [-0.3, -0.25) is 4.90 Å². The van der Waals surface area contributed by atoms with Gasteiger partial charge in [0.1, 0.15) is 5.82 Å². The number of aliphatic hydroxyl groups is 2. The molecule has 1 fully saturated rings.